The van der Waals surface area contributed by atoms with E-state index in [1.165, 1.54) is 5.69 Å². The average Bonchev–Trinajstić information content (AvgIpc) is 2.79. The predicted octanol–water partition coefficient (Wildman–Crippen LogP) is 3.30. The van der Waals surface area contributed by atoms with E-state index in [-0.39, 0.29) is 6.61 Å². The van der Waals surface area contributed by atoms with Crippen LogP contribution in [0.1, 0.15) is 12.5 Å². The van der Waals surface area contributed by atoms with Crippen molar-refractivity contribution in [2.24, 2.45) is 0 Å². The van der Waals surface area contributed by atoms with E-state index in [0.29, 0.717) is 18.0 Å². The number of methoxy groups -OCH3 is 2. The third kappa shape index (κ3) is 5.90. The number of nitrogens with zero attached hydrogens (tertiary/aromatic N) is 2. The third-order valence-electron chi connectivity index (χ3n) is 5.26. The predicted molar refractivity (Wildman–Crippen MR) is 121 cm³/mol. The molecule has 1 atom stereocenters. The fraction of sp³-hybridized carbons (Fsp3) is 0.417. The lowest BCUT2D eigenvalue weighted by Crippen LogP contribution is -2.49. The van der Waals surface area contributed by atoms with Crippen molar-refractivity contribution in [1.82, 2.24) is 4.90 Å². The lowest BCUT2D eigenvalue weighted by Gasteiger charge is -2.36. The molecule has 1 heterocycles. The first-order valence-electron chi connectivity index (χ1n) is 10.4. The Labute approximate surface area is 179 Å². The van der Waals surface area contributed by atoms with Gasteiger partial charge in [0.15, 0.2) is 11.5 Å². The van der Waals surface area contributed by atoms with Gasteiger partial charge < -0.3 is 24.2 Å². The molecule has 3 rings (SSSR count). The maximum atomic E-state index is 10.5. The third-order valence-corrected chi connectivity index (χ3v) is 5.26. The Morgan fingerprint density at radius 1 is 0.967 bits per heavy atom. The Bertz CT molecular complexity index is 814. The summed E-state index contributed by atoms with van der Waals surface area (Å²) in [6.45, 7) is 6.48. The molecule has 162 valence electrons. The summed E-state index contributed by atoms with van der Waals surface area (Å²) in [5, 5.41) is 10.5. The number of hydrogen-bond donors (Lipinski definition) is 1. The minimum Gasteiger partial charge on any atom is -0.497 e. The standard InChI is InChI=1S/C24H32N2O4/c1-4-5-19-6-11-23(24(16-19)29-3)30-18-21(27)17-25-12-14-26(15-13-25)20-7-9-22(28-2)10-8-20/h4-11,16,21,27H,12-15,17-18H2,1-3H3. The zero-order valence-corrected chi connectivity index (χ0v) is 18.1. The summed E-state index contributed by atoms with van der Waals surface area (Å²) < 4.78 is 16.5. The van der Waals surface area contributed by atoms with Gasteiger partial charge in [-0.1, -0.05) is 18.2 Å². The van der Waals surface area contributed by atoms with Crippen LogP contribution in [0.25, 0.3) is 6.08 Å². The van der Waals surface area contributed by atoms with Gasteiger partial charge in [0.05, 0.1) is 14.2 Å². The largest absolute Gasteiger partial charge is 0.497 e. The van der Waals surface area contributed by atoms with Crippen molar-refractivity contribution >= 4 is 11.8 Å². The quantitative estimate of drug-likeness (QED) is 0.682. The van der Waals surface area contributed by atoms with Crippen LogP contribution in [0.4, 0.5) is 5.69 Å². The van der Waals surface area contributed by atoms with E-state index in [9.17, 15) is 5.11 Å². The Morgan fingerprint density at radius 3 is 2.33 bits per heavy atom. The number of aliphatic hydroxyl groups is 1. The van der Waals surface area contributed by atoms with Crippen molar-refractivity contribution in [3.05, 3.63) is 54.1 Å². The van der Waals surface area contributed by atoms with Crippen LogP contribution in [0.3, 0.4) is 0 Å². The Hall–Kier alpha value is -2.70. The highest BCUT2D eigenvalue weighted by molar-refractivity contribution is 5.55. The van der Waals surface area contributed by atoms with Crippen LogP contribution in [0.15, 0.2) is 48.5 Å². The minimum absolute atomic E-state index is 0.234. The monoisotopic (exact) mass is 412 g/mol. The molecule has 0 amide bonds. The molecule has 0 aliphatic carbocycles. The summed E-state index contributed by atoms with van der Waals surface area (Å²) in [6.07, 6.45) is 3.43. The van der Waals surface area contributed by atoms with Gasteiger partial charge in [0.25, 0.3) is 0 Å². The van der Waals surface area contributed by atoms with Crippen molar-refractivity contribution in [3.63, 3.8) is 0 Å². The maximum Gasteiger partial charge on any atom is 0.161 e. The molecule has 1 saturated heterocycles. The molecule has 1 aliphatic heterocycles. The number of piperazine rings is 1. The van der Waals surface area contributed by atoms with E-state index in [4.69, 9.17) is 14.2 Å². The van der Waals surface area contributed by atoms with Crippen LogP contribution in [0.2, 0.25) is 0 Å². The van der Waals surface area contributed by atoms with Crippen molar-refractivity contribution < 1.29 is 19.3 Å². The molecule has 1 fully saturated rings. The van der Waals surface area contributed by atoms with Gasteiger partial charge in [-0.05, 0) is 48.9 Å². The Morgan fingerprint density at radius 2 is 1.70 bits per heavy atom. The van der Waals surface area contributed by atoms with Crippen LogP contribution in [0.5, 0.6) is 17.2 Å². The van der Waals surface area contributed by atoms with E-state index in [2.05, 4.69) is 21.9 Å². The van der Waals surface area contributed by atoms with Gasteiger partial charge >= 0.3 is 0 Å². The highest BCUT2D eigenvalue weighted by Gasteiger charge is 2.20. The normalized spacial score (nSPS) is 15.9. The number of benzene rings is 2. The topological polar surface area (TPSA) is 54.4 Å². The van der Waals surface area contributed by atoms with Gasteiger partial charge in [-0.3, -0.25) is 4.90 Å². The van der Waals surface area contributed by atoms with E-state index < -0.39 is 6.10 Å². The van der Waals surface area contributed by atoms with Crippen molar-refractivity contribution in [1.29, 1.82) is 0 Å². The summed E-state index contributed by atoms with van der Waals surface area (Å²) in [4.78, 5) is 4.64. The number of ether oxygens (including phenoxy) is 3. The Balaban J connectivity index is 1.45. The van der Waals surface area contributed by atoms with Gasteiger partial charge in [-0.15, -0.1) is 0 Å². The summed E-state index contributed by atoms with van der Waals surface area (Å²) in [6, 6.07) is 13.9. The van der Waals surface area contributed by atoms with Crippen LogP contribution in [-0.4, -0.2) is 69.7 Å². The van der Waals surface area contributed by atoms with Crippen molar-refractivity contribution in [3.8, 4) is 17.2 Å². The minimum atomic E-state index is -0.558. The SMILES string of the molecule is CC=Cc1ccc(OCC(O)CN2CCN(c3ccc(OC)cc3)CC2)c(OC)c1. The van der Waals surface area contributed by atoms with Crippen LogP contribution < -0.4 is 19.1 Å². The van der Waals surface area contributed by atoms with E-state index in [1.807, 2.05) is 49.4 Å². The smallest absolute Gasteiger partial charge is 0.161 e. The molecule has 0 aromatic heterocycles. The lowest BCUT2D eigenvalue weighted by atomic mass is 10.2. The fourth-order valence-electron chi connectivity index (χ4n) is 3.62. The second-order valence-corrected chi connectivity index (χ2v) is 7.36. The molecule has 0 spiro atoms. The molecular weight excluding hydrogens is 380 g/mol. The van der Waals surface area contributed by atoms with Crippen LogP contribution in [-0.2, 0) is 0 Å². The molecule has 6 nitrogen and oxygen atoms in total. The second-order valence-electron chi connectivity index (χ2n) is 7.36. The van der Waals surface area contributed by atoms with Gasteiger partial charge in [-0.25, -0.2) is 0 Å². The molecular formula is C24H32N2O4. The zero-order chi connectivity index (χ0) is 21.3. The van der Waals surface area contributed by atoms with Crippen LogP contribution in [0, 0.1) is 0 Å². The number of anilines is 1. The highest BCUT2D eigenvalue weighted by Crippen LogP contribution is 2.28. The van der Waals surface area contributed by atoms with E-state index in [0.717, 1.165) is 37.5 Å². The van der Waals surface area contributed by atoms with Gasteiger partial charge in [0.2, 0.25) is 0 Å². The maximum absolute atomic E-state index is 10.5. The van der Waals surface area contributed by atoms with Crippen LogP contribution >= 0.6 is 0 Å². The summed E-state index contributed by atoms with van der Waals surface area (Å²) in [5.41, 5.74) is 2.25. The van der Waals surface area contributed by atoms with E-state index >= 15 is 0 Å². The molecule has 0 bridgehead atoms. The molecule has 1 aliphatic rings. The molecule has 1 unspecified atom stereocenters. The molecule has 0 saturated carbocycles. The summed E-state index contributed by atoms with van der Waals surface area (Å²) in [5.74, 6) is 2.19. The molecule has 1 N–H and O–H groups in total. The molecule has 2 aromatic carbocycles. The van der Waals surface area contributed by atoms with Crippen molar-refractivity contribution in [2.75, 3.05) is 58.5 Å². The first-order chi connectivity index (χ1) is 14.6. The molecule has 2 aromatic rings. The first kappa shape index (κ1) is 22.0. The Kier molecular flexibility index (Phi) is 7.99. The summed E-state index contributed by atoms with van der Waals surface area (Å²) >= 11 is 0. The number of aliphatic hydroxyl groups excluding tert-OH is 1. The van der Waals surface area contributed by atoms with Gasteiger partial charge in [0, 0.05) is 38.4 Å². The number of allylic oxidation sites excluding steroid dienone is 1. The first-order valence-corrected chi connectivity index (χ1v) is 10.4. The van der Waals surface area contributed by atoms with Gasteiger partial charge in [-0.2, -0.15) is 0 Å². The molecule has 6 heteroatoms. The average molecular weight is 413 g/mol. The highest BCUT2D eigenvalue weighted by atomic mass is 16.5. The number of hydrogen-bond acceptors (Lipinski definition) is 6. The molecule has 30 heavy (non-hydrogen) atoms. The number of β-amino-alcohol motifs (C(OH)–C–C–N with tert-alkyl or cyclic N) is 1. The fourth-order valence-corrected chi connectivity index (χ4v) is 3.62. The van der Waals surface area contributed by atoms with Crippen molar-refractivity contribution in [2.45, 2.75) is 13.0 Å². The zero-order valence-electron chi connectivity index (χ0n) is 18.1. The summed E-state index contributed by atoms with van der Waals surface area (Å²) in [7, 11) is 3.30. The lowest BCUT2D eigenvalue weighted by molar-refractivity contribution is 0.0653. The van der Waals surface area contributed by atoms with E-state index in [1.54, 1.807) is 14.2 Å². The number of rotatable bonds is 9. The molecule has 0 radical (unpaired) electrons. The second kappa shape index (κ2) is 10.9. The van der Waals surface area contributed by atoms with Gasteiger partial charge in [0.1, 0.15) is 18.5 Å².